The summed E-state index contributed by atoms with van der Waals surface area (Å²) in [5.41, 5.74) is 3.46. The topological polar surface area (TPSA) is 173 Å². The van der Waals surface area contributed by atoms with Gasteiger partial charge in [-0.1, -0.05) is 78.9 Å². The van der Waals surface area contributed by atoms with E-state index in [2.05, 4.69) is 26.3 Å². The molecular formula is C38H45N7O6S. The van der Waals surface area contributed by atoms with E-state index in [4.69, 9.17) is 0 Å². The number of hydrogen-bond donors (Lipinski definition) is 5. The molecule has 6 rings (SSSR count). The third-order valence-corrected chi connectivity index (χ3v) is 11.0. The number of nitrogens with zero attached hydrogens (tertiary/aromatic N) is 2. The second kappa shape index (κ2) is 16.5. The SMILES string of the molecule is CS(=O)(=O)N1CCN([C@@H]2CC(=O)N[C@@H](Cc3c[nH]c4ccccc34)C(=O)N[C@@H](Cc3ccccc3)C(=O)N[C@H](Cc3ccccc3)CNC2=O)CC1. The Labute approximate surface area is 303 Å². The molecule has 4 amide bonds. The predicted molar refractivity (Wildman–Crippen MR) is 197 cm³/mol. The van der Waals surface area contributed by atoms with Gasteiger partial charge in [-0.3, -0.25) is 24.1 Å². The molecule has 52 heavy (non-hydrogen) atoms. The molecule has 3 aromatic carbocycles. The smallest absolute Gasteiger partial charge is 0.243 e. The average molecular weight is 728 g/mol. The molecule has 2 fully saturated rings. The molecule has 2 aliphatic heterocycles. The highest BCUT2D eigenvalue weighted by Gasteiger charge is 2.36. The third-order valence-electron chi connectivity index (χ3n) is 9.72. The van der Waals surface area contributed by atoms with E-state index in [-0.39, 0.29) is 52.0 Å². The number of rotatable bonds is 8. The van der Waals surface area contributed by atoms with E-state index in [0.717, 1.165) is 33.8 Å². The number of sulfonamides is 1. The first-order valence-corrected chi connectivity index (χ1v) is 19.4. The Bertz CT molecular complexity index is 1980. The minimum Gasteiger partial charge on any atom is -0.361 e. The largest absolute Gasteiger partial charge is 0.361 e. The van der Waals surface area contributed by atoms with Gasteiger partial charge < -0.3 is 26.3 Å². The van der Waals surface area contributed by atoms with Crippen molar-refractivity contribution in [2.24, 2.45) is 0 Å². The minimum absolute atomic E-state index is 0.0656. The van der Waals surface area contributed by atoms with Crippen LogP contribution in [-0.2, 0) is 48.5 Å². The lowest BCUT2D eigenvalue weighted by atomic mass is 10.00. The summed E-state index contributed by atoms with van der Waals surface area (Å²) < 4.78 is 25.8. The summed E-state index contributed by atoms with van der Waals surface area (Å²) in [6.07, 6.45) is 3.43. The normalized spacial score (nSPS) is 23.2. The highest BCUT2D eigenvalue weighted by atomic mass is 32.2. The second-order valence-electron chi connectivity index (χ2n) is 13.5. The zero-order chi connectivity index (χ0) is 36.7. The van der Waals surface area contributed by atoms with Crippen LogP contribution in [0.5, 0.6) is 0 Å². The quantitative estimate of drug-likeness (QED) is 0.181. The van der Waals surface area contributed by atoms with Gasteiger partial charge in [0, 0.05) is 62.7 Å². The Balaban J connectivity index is 1.32. The first-order chi connectivity index (χ1) is 25.0. The highest BCUT2D eigenvalue weighted by molar-refractivity contribution is 7.88. The van der Waals surface area contributed by atoms with Crippen LogP contribution in [0.15, 0.2) is 91.1 Å². The van der Waals surface area contributed by atoms with Crippen molar-refractivity contribution in [2.45, 2.75) is 49.9 Å². The van der Waals surface area contributed by atoms with E-state index in [0.29, 0.717) is 6.42 Å². The van der Waals surface area contributed by atoms with E-state index >= 15 is 0 Å². The zero-order valence-electron chi connectivity index (χ0n) is 29.1. The molecule has 2 saturated heterocycles. The van der Waals surface area contributed by atoms with Crippen molar-refractivity contribution in [2.75, 3.05) is 39.0 Å². The minimum atomic E-state index is -3.43. The molecule has 0 spiro atoms. The van der Waals surface area contributed by atoms with Crippen LogP contribution in [0.2, 0.25) is 0 Å². The molecule has 0 radical (unpaired) electrons. The maximum absolute atomic E-state index is 14.2. The van der Waals surface area contributed by atoms with E-state index in [1.54, 1.807) is 11.1 Å². The van der Waals surface area contributed by atoms with Crippen LogP contribution in [0.25, 0.3) is 10.9 Å². The van der Waals surface area contributed by atoms with Crippen molar-refractivity contribution in [3.63, 3.8) is 0 Å². The number of H-pyrrole nitrogens is 1. The molecule has 4 aromatic rings. The molecule has 0 saturated carbocycles. The number of piperazine rings is 1. The predicted octanol–water partition coefficient (Wildman–Crippen LogP) is 1.12. The summed E-state index contributed by atoms with van der Waals surface area (Å²) >= 11 is 0. The zero-order valence-corrected chi connectivity index (χ0v) is 29.9. The van der Waals surface area contributed by atoms with Gasteiger partial charge in [-0.25, -0.2) is 8.42 Å². The van der Waals surface area contributed by atoms with Crippen molar-refractivity contribution >= 4 is 44.6 Å². The van der Waals surface area contributed by atoms with Gasteiger partial charge in [-0.2, -0.15) is 4.31 Å². The Morgan fingerprint density at radius 2 is 1.27 bits per heavy atom. The van der Waals surface area contributed by atoms with Gasteiger partial charge in [0.05, 0.1) is 24.8 Å². The number of hydrogen-bond acceptors (Lipinski definition) is 7. The number of benzene rings is 3. The average Bonchev–Trinajstić information content (AvgIpc) is 3.55. The monoisotopic (exact) mass is 727 g/mol. The lowest BCUT2D eigenvalue weighted by Crippen LogP contribution is -2.60. The summed E-state index contributed by atoms with van der Waals surface area (Å²) in [5, 5.41) is 12.8. The molecule has 5 N–H and O–H groups in total. The first kappa shape index (κ1) is 36.7. The molecule has 14 heteroatoms. The van der Waals surface area contributed by atoms with E-state index < -0.39 is 57.8 Å². The molecule has 13 nitrogen and oxygen atoms in total. The number of para-hydroxylation sites is 1. The fourth-order valence-electron chi connectivity index (χ4n) is 6.94. The van der Waals surface area contributed by atoms with Gasteiger partial charge in [-0.15, -0.1) is 0 Å². The van der Waals surface area contributed by atoms with Gasteiger partial charge in [0.25, 0.3) is 0 Å². The Morgan fingerprint density at radius 1 is 0.673 bits per heavy atom. The third kappa shape index (κ3) is 9.43. The summed E-state index contributed by atoms with van der Waals surface area (Å²) in [6.45, 7) is 0.888. The van der Waals surface area contributed by atoms with Gasteiger partial charge in [0.2, 0.25) is 33.7 Å². The first-order valence-electron chi connectivity index (χ1n) is 17.5. The van der Waals surface area contributed by atoms with Crippen LogP contribution >= 0.6 is 0 Å². The molecule has 2 aliphatic rings. The molecule has 0 unspecified atom stereocenters. The van der Waals surface area contributed by atoms with Gasteiger partial charge in [0.1, 0.15) is 12.1 Å². The summed E-state index contributed by atoms with van der Waals surface area (Å²) in [4.78, 5) is 61.2. The van der Waals surface area contributed by atoms with Crippen LogP contribution in [0.1, 0.15) is 23.1 Å². The number of amides is 4. The van der Waals surface area contributed by atoms with Gasteiger partial charge >= 0.3 is 0 Å². The number of fused-ring (bicyclic) bond motifs is 1. The summed E-state index contributed by atoms with van der Waals surface area (Å²) in [7, 11) is -3.43. The van der Waals surface area contributed by atoms with Crippen molar-refractivity contribution < 1.29 is 27.6 Å². The Hall–Kier alpha value is -5.05. The fraction of sp³-hybridized carbons (Fsp3) is 0.368. The number of carbonyl (C=O) groups excluding carboxylic acids is 4. The number of carbonyl (C=O) groups is 4. The van der Waals surface area contributed by atoms with Crippen LogP contribution in [0.4, 0.5) is 0 Å². The van der Waals surface area contributed by atoms with Gasteiger partial charge in [-0.05, 0) is 29.2 Å². The van der Waals surface area contributed by atoms with Crippen molar-refractivity contribution in [3.05, 3.63) is 108 Å². The highest BCUT2D eigenvalue weighted by Crippen LogP contribution is 2.20. The van der Waals surface area contributed by atoms with E-state index in [1.807, 2.05) is 84.9 Å². The number of nitrogens with one attached hydrogen (secondary N) is 5. The van der Waals surface area contributed by atoms with Gasteiger partial charge in [0.15, 0.2) is 0 Å². The molecule has 0 aliphatic carbocycles. The van der Waals surface area contributed by atoms with Crippen LogP contribution in [-0.4, -0.2) is 109 Å². The molecule has 0 bridgehead atoms. The summed E-state index contributed by atoms with van der Waals surface area (Å²) in [6, 6.07) is 23.0. The number of aromatic amines is 1. The molecule has 3 heterocycles. The fourth-order valence-corrected chi connectivity index (χ4v) is 7.77. The lowest BCUT2D eigenvalue weighted by molar-refractivity contribution is -0.135. The van der Waals surface area contributed by atoms with Crippen molar-refractivity contribution in [1.82, 2.24) is 35.5 Å². The van der Waals surface area contributed by atoms with Crippen molar-refractivity contribution in [3.8, 4) is 0 Å². The molecule has 1 aromatic heterocycles. The molecule has 274 valence electrons. The molecule has 4 atom stereocenters. The van der Waals surface area contributed by atoms with E-state index in [1.165, 1.54) is 4.31 Å². The lowest BCUT2D eigenvalue weighted by Gasteiger charge is -2.38. The Kier molecular flexibility index (Phi) is 11.7. The van der Waals surface area contributed by atoms with E-state index in [9.17, 15) is 27.6 Å². The van der Waals surface area contributed by atoms with Crippen LogP contribution < -0.4 is 21.3 Å². The maximum atomic E-state index is 14.2. The maximum Gasteiger partial charge on any atom is 0.243 e. The van der Waals surface area contributed by atoms with Crippen LogP contribution in [0, 0.1) is 0 Å². The molecular weight excluding hydrogens is 683 g/mol. The summed E-state index contributed by atoms with van der Waals surface area (Å²) in [5.74, 6) is -1.90. The number of aromatic nitrogens is 1. The van der Waals surface area contributed by atoms with Crippen molar-refractivity contribution in [1.29, 1.82) is 0 Å². The standard InChI is InChI=1S/C38H45N7O6S/c1-52(50,51)45-18-16-44(17-19-45)34-23-35(46)42-33(22-28-24-39-31-15-9-8-14-30(28)31)37(48)43-32(21-27-12-6-3-7-13-27)36(47)41-29(25-40-38(34)49)20-26-10-4-2-5-11-26/h2-15,24,29,32-34,39H,16-23,25H2,1H3,(H,40,49)(H,41,47)(H,42,46)(H,43,48)/t29-,32+,33+,34-/m1/s1. The second-order valence-corrected chi connectivity index (χ2v) is 15.5. The Morgan fingerprint density at radius 3 is 1.94 bits per heavy atom. The van der Waals surface area contributed by atoms with Crippen LogP contribution in [0.3, 0.4) is 0 Å².